The average molecular weight is 238 g/mol. The molecule has 2 unspecified atom stereocenters. The standard InChI is InChI=1S/C14H26N2O/c1-16-13-2-3-14(16)9-11(8-13)10-15-12-4-6-17-7-5-12/h11-15H,2-10H2,1H3. The van der Waals surface area contributed by atoms with E-state index in [1.807, 2.05) is 0 Å². The van der Waals surface area contributed by atoms with Gasteiger partial charge in [0.05, 0.1) is 0 Å². The fourth-order valence-corrected chi connectivity index (χ4v) is 3.93. The van der Waals surface area contributed by atoms with Crippen molar-refractivity contribution in [2.45, 2.75) is 56.7 Å². The van der Waals surface area contributed by atoms with Gasteiger partial charge in [-0.2, -0.15) is 0 Å². The Bertz CT molecular complexity index is 239. The molecule has 0 amide bonds. The molecule has 2 atom stereocenters. The third kappa shape index (κ3) is 2.67. The highest BCUT2D eigenvalue weighted by Gasteiger charge is 2.38. The van der Waals surface area contributed by atoms with Crippen LogP contribution in [0.5, 0.6) is 0 Å². The summed E-state index contributed by atoms with van der Waals surface area (Å²) in [5.41, 5.74) is 0. The summed E-state index contributed by atoms with van der Waals surface area (Å²) in [4.78, 5) is 2.63. The van der Waals surface area contributed by atoms with Gasteiger partial charge in [-0.15, -0.1) is 0 Å². The summed E-state index contributed by atoms with van der Waals surface area (Å²) in [5.74, 6) is 0.923. The Morgan fingerprint density at radius 3 is 2.35 bits per heavy atom. The van der Waals surface area contributed by atoms with E-state index in [1.54, 1.807) is 0 Å². The zero-order valence-electron chi connectivity index (χ0n) is 11.0. The third-order valence-electron chi connectivity index (χ3n) is 5.11. The third-order valence-corrected chi connectivity index (χ3v) is 5.11. The van der Waals surface area contributed by atoms with Crippen LogP contribution in [0.15, 0.2) is 0 Å². The highest BCUT2D eigenvalue weighted by molar-refractivity contribution is 4.94. The first kappa shape index (κ1) is 11.9. The van der Waals surface area contributed by atoms with Crippen LogP contribution in [0.4, 0.5) is 0 Å². The highest BCUT2D eigenvalue weighted by Crippen LogP contribution is 2.37. The van der Waals surface area contributed by atoms with Crippen LogP contribution in [0, 0.1) is 5.92 Å². The minimum absolute atomic E-state index is 0.723. The topological polar surface area (TPSA) is 24.5 Å². The second-order valence-corrected chi connectivity index (χ2v) is 6.18. The van der Waals surface area contributed by atoms with Crippen molar-refractivity contribution >= 4 is 0 Å². The van der Waals surface area contributed by atoms with Crippen LogP contribution in [-0.4, -0.2) is 49.8 Å². The monoisotopic (exact) mass is 238 g/mol. The lowest BCUT2D eigenvalue weighted by Gasteiger charge is -2.37. The van der Waals surface area contributed by atoms with Crippen LogP contribution in [0.3, 0.4) is 0 Å². The van der Waals surface area contributed by atoms with Gasteiger partial charge >= 0.3 is 0 Å². The normalized spacial score (nSPS) is 39.7. The Labute approximate surface area is 105 Å². The van der Waals surface area contributed by atoms with Crippen molar-refractivity contribution in [2.75, 3.05) is 26.8 Å². The number of nitrogens with zero attached hydrogens (tertiary/aromatic N) is 1. The zero-order chi connectivity index (χ0) is 11.7. The molecular weight excluding hydrogens is 212 g/mol. The molecule has 0 saturated carbocycles. The van der Waals surface area contributed by atoms with E-state index < -0.39 is 0 Å². The fourth-order valence-electron chi connectivity index (χ4n) is 3.93. The second kappa shape index (κ2) is 5.25. The van der Waals surface area contributed by atoms with E-state index in [9.17, 15) is 0 Å². The molecule has 2 bridgehead atoms. The lowest BCUT2D eigenvalue weighted by molar-refractivity contribution is 0.0732. The summed E-state index contributed by atoms with van der Waals surface area (Å²) in [6, 6.07) is 2.49. The molecule has 3 heteroatoms. The van der Waals surface area contributed by atoms with Crippen LogP contribution in [0.1, 0.15) is 38.5 Å². The molecule has 0 aromatic rings. The predicted molar refractivity (Wildman–Crippen MR) is 69.1 cm³/mol. The Morgan fingerprint density at radius 1 is 1.06 bits per heavy atom. The summed E-state index contributed by atoms with van der Waals surface area (Å²) >= 11 is 0. The predicted octanol–water partition coefficient (Wildman–Crippen LogP) is 1.63. The number of fused-ring (bicyclic) bond motifs is 2. The van der Waals surface area contributed by atoms with Gasteiger partial charge in [-0.1, -0.05) is 0 Å². The lowest BCUT2D eigenvalue weighted by atomic mass is 9.90. The largest absolute Gasteiger partial charge is 0.381 e. The number of piperidine rings is 1. The van der Waals surface area contributed by atoms with E-state index in [0.717, 1.165) is 37.3 Å². The van der Waals surface area contributed by atoms with E-state index in [4.69, 9.17) is 4.74 Å². The lowest BCUT2D eigenvalue weighted by Crippen LogP contribution is -2.44. The van der Waals surface area contributed by atoms with Crippen molar-refractivity contribution in [1.29, 1.82) is 0 Å². The molecule has 3 rings (SSSR count). The number of ether oxygens (including phenoxy) is 1. The molecule has 0 spiro atoms. The number of hydrogen-bond donors (Lipinski definition) is 1. The summed E-state index contributed by atoms with van der Waals surface area (Å²) in [7, 11) is 2.32. The Kier molecular flexibility index (Phi) is 3.69. The van der Waals surface area contributed by atoms with Crippen LogP contribution >= 0.6 is 0 Å². The van der Waals surface area contributed by atoms with E-state index in [0.29, 0.717) is 0 Å². The van der Waals surface area contributed by atoms with Gasteiger partial charge in [0.25, 0.3) is 0 Å². The van der Waals surface area contributed by atoms with E-state index in [2.05, 4.69) is 17.3 Å². The minimum Gasteiger partial charge on any atom is -0.381 e. The quantitative estimate of drug-likeness (QED) is 0.809. The summed E-state index contributed by atoms with van der Waals surface area (Å²) in [5, 5.41) is 3.78. The molecule has 3 fully saturated rings. The summed E-state index contributed by atoms with van der Waals surface area (Å²) < 4.78 is 5.40. The smallest absolute Gasteiger partial charge is 0.0480 e. The Hall–Kier alpha value is -0.120. The van der Waals surface area contributed by atoms with Gasteiger partial charge in [0.1, 0.15) is 0 Å². The van der Waals surface area contributed by atoms with Crippen molar-refractivity contribution in [2.24, 2.45) is 5.92 Å². The highest BCUT2D eigenvalue weighted by atomic mass is 16.5. The van der Waals surface area contributed by atoms with Crippen molar-refractivity contribution in [3.8, 4) is 0 Å². The number of rotatable bonds is 3. The van der Waals surface area contributed by atoms with E-state index in [1.165, 1.54) is 45.1 Å². The number of hydrogen-bond acceptors (Lipinski definition) is 3. The zero-order valence-corrected chi connectivity index (χ0v) is 11.0. The molecule has 3 aliphatic rings. The molecule has 17 heavy (non-hydrogen) atoms. The van der Waals surface area contributed by atoms with Crippen molar-refractivity contribution in [3.05, 3.63) is 0 Å². The van der Waals surface area contributed by atoms with E-state index in [-0.39, 0.29) is 0 Å². The van der Waals surface area contributed by atoms with Crippen LogP contribution in [0.25, 0.3) is 0 Å². The van der Waals surface area contributed by atoms with Gasteiger partial charge in [-0.3, -0.25) is 0 Å². The maximum Gasteiger partial charge on any atom is 0.0480 e. The van der Waals surface area contributed by atoms with Crippen LogP contribution in [-0.2, 0) is 4.74 Å². The van der Waals surface area contributed by atoms with Gasteiger partial charge in [-0.05, 0) is 58.0 Å². The van der Waals surface area contributed by atoms with Crippen molar-refractivity contribution in [3.63, 3.8) is 0 Å². The van der Waals surface area contributed by atoms with Crippen LogP contribution in [0.2, 0.25) is 0 Å². The Balaban J connectivity index is 1.44. The molecule has 1 N–H and O–H groups in total. The first-order chi connectivity index (χ1) is 8.33. The van der Waals surface area contributed by atoms with E-state index >= 15 is 0 Å². The van der Waals surface area contributed by atoms with Gasteiger partial charge in [-0.25, -0.2) is 0 Å². The van der Waals surface area contributed by atoms with Gasteiger partial charge in [0, 0.05) is 31.3 Å². The molecule has 3 nitrogen and oxygen atoms in total. The van der Waals surface area contributed by atoms with Gasteiger partial charge < -0.3 is 15.0 Å². The molecule has 3 saturated heterocycles. The fraction of sp³-hybridized carbons (Fsp3) is 1.00. The number of nitrogens with one attached hydrogen (secondary N) is 1. The van der Waals surface area contributed by atoms with Crippen molar-refractivity contribution in [1.82, 2.24) is 10.2 Å². The van der Waals surface area contributed by atoms with Crippen molar-refractivity contribution < 1.29 is 4.74 Å². The summed E-state index contributed by atoms with van der Waals surface area (Å²) in [6.45, 7) is 3.15. The molecule has 0 aliphatic carbocycles. The second-order valence-electron chi connectivity index (χ2n) is 6.18. The maximum absolute atomic E-state index is 5.40. The SMILES string of the molecule is CN1C2CCC1CC(CNC1CCOCC1)C2. The molecule has 0 aromatic carbocycles. The molecule has 0 aromatic heterocycles. The maximum atomic E-state index is 5.40. The first-order valence-corrected chi connectivity index (χ1v) is 7.36. The summed E-state index contributed by atoms with van der Waals surface area (Å²) in [6.07, 6.45) is 8.13. The minimum atomic E-state index is 0.723. The Morgan fingerprint density at radius 2 is 1.71 bits per heavy atom. The first-order valence-electron chi connectivity index (χ1n) is 7.36. The van der Waals surface area contributed by atoms with Gasteiger partial charge in [0.2, 0.25) is 0 Å². The van der Waals surface area contributed by atoms with Crippen LogP contribution < -0.4 is 5.32 Å². The molecule has 3 heterocycles. The molecule has 3 aliphatic heterocycles. The van der Waals surface area contributed by atoms with Gasteiger partial charge in [0.15, 0.2) is 0 Å². The molecule has 0 radical (unpaired) electrons. The average Bonchev–Trinajstić information content (AvgIpc) is 2.61. The molecule has 98 valence electrons. The molecular formula is C14H26N2O.